The predicted molar refractivity (Wildman–Crippen MR) is 93.2 cm³/mol. The van der Waals surface area contributed by atoms with E-state index in [1.54, 1.807) is 0 Å². The molecule has 7 heteroatoms. The van der Waals surface area contributed by atoms with Crippen LogP contribution in [0.5, 0.6) is 5.75 Å². The fourth-order valence-electron chi connectivity index (χ4n) is 2.76. The van der Waals surface area contributed by atoms with Crippen molar-refractivity contribution in [2.45, 2.75) is 32.4 Å². The van der Waals surface area contributed by atoms with Crippen LogP contribution in [0, 0.1) is 11.7 Å². The first-order chi connectivity index (χ1) is 12.6. The molecule has 3 nitrogen and oxygen atoms in total. The topological polar surface area (TPSA) is 46.5 Å². The molecular weight excluding hydrogens is 364 g/mol. The Balaban J connectivity index is 2.49. The quantitative estimate of drug-likeness (QED) is 0.628. The number of carboxylic acids is 1. The molecule has 0 spiro atoms. The Labute approximate surface area is 154 Å². The van der Waals surface area contributed by atoms with Crippen molar-refractivity contribution in [3.8, 4) is 16.9 Å². The van der Waals surface area contributed by atoms with Gasteiger partial charge in [-0.3, -0.25) is 4.79 Å². The molecule has 2 rings (SSSR count). The third kappa shape index (κ3) is 5.98. The molecule has 2 aromatic carbocycles. The predicted octanol–water partition coefficient (Wildman–Crippen LogP) is 5.65. The van der Waals surface area contributed by atoms with E-state index in [4.69, 9.17) is 4.74 Å². The lowest BCUT2D eigenvalue weighted by atomic mass is 9.88. The van der Waals surface area contributed by atoms with Gasteiger partial charge in [0, 0.05) is 5.56 Å². The second-order valence-corrected chi connectivity index (χ2v) is 6.69. The maximum atomic E-state index is 13.2. The van der Waals surface area contributed by atoms with E-state index >= 15 is 0 Å². The van der Waals surface area contributed by atoms with Gasteiger partial charge in [0.05, 0.1) is 5.92 Å². The number of ether oxygens (including phenoxy) is 1. The SMILES string of the molecule is CC(C)CC(C(=O)O)c1ccc(OCC(F)(F)F)c(-c2ccc(F)cc2)c1. The number of carboxylic acid groups (broad SMARTS) is 1. The van der Waals surface area contributed by atoms with E-state index in [9.17, 15) is 27.5 Å². The number of hydrogen-bond acceptors (Lipinski definition) is 2. The first-order valence-electron chi connectivity index (χ1n) is 8.39. The third-order valence-electron chi connectivity index (χ3n) is 3.96. The fourth-order valence-corrected chi connectivity index (χ4v) is 2.76. The van der Waals surface area contributed by atoms with Gasteiger partial charge in [0.25, 0.3) is 0 Å². The molecule has 1 unspecified atom stereocenters. The minimum absolute atomic E-state index is 0.0450. The minimum atomic E-state index is -4.51. The van der Waals surface area contributed by atoms with Gasteiger partial charge in [-0.15, -0.1) is 0 Å². The summed E-state index contributed by atoms with van der Waals surface area (Å²) in [4.78, 5) is 11.6. The molecular formula is C20H20F4O3. The number of hydrogen-bond donors (Lipinski definition) is 1. The molecule has 0 fully saturated rings. The van der Waals surface area contributed by atoms with Gasteiger partial charge >= 0.3 is 12.1 Å². The highest BCUT2D eigenvalue weighted by Crippen LogP contribution is 2.36. The van der Waals surface area contributed by atoms with Crippen molar-refractivity contribution in [2.75, 3.05) is 6.61 Å². The largest absolute Gasteiger partial charge is 0.483 e. The molecule has 0 aliphatic heterocycles. The molecule has 0 radical (unpaired) electrons. The summed E-state index contributed by atoms with van der Waals surface area (Å²) in [6, 6.07) is 9.47. The van der Waals surface area contributed by atoms with Crippen LogP contribution >= 0.6 is 0 Å². The number of carbonyl (C=O) groups is 1. The van der Waals surface area contributed by atoms with Crippen LogP contribution < -0.4 is 4.74 Å². The molecule has 0 saturated heterocycles. The van der Waals surface area contributed by atoms with Crippen LogP contribution in [0.3, 0.4) is 0 Å². The Bertz CT molecular complexity index is 783. The number of benzene rings is 2. The van der Waals surface area contributed by atoms with E-state index in [-0.39, 0.29) is 17.2 Å². The summed E-state index contributed by atoms with van der Waals surface area (Å²) in [7, 11) is 0. The molecule has 0 aliphatic rings. The summed E-state index contributed by atoms with van der Waals surface area (Å²) in [5.41, 5.74) is 1.17. The number of aliphatic carboxylic acids is 1. The maximum Gasteiger partial charge on any atom is 0.422 e. The monoisotopic (exact) mass is 384 g/mol. The number of alkyl halides is 3. The van der Waals surface area contributed by atoms with Gasteiger partial charge in [-0.2, -0.15) is 13.2 Å². The molecule has 146 valence electrons. The molecule has 0 aromatic heterocycles. The summed E-state index contributed by atoms with van der Waals surface area (Å²) < 4.78 is 55.7. The smallest absolute Gasteiger partial charge is 0.422 e. The molecule has 0 amide bonds. The van der Waals surface area contributed by atoms with Crippen LogP contribution in [-0.2, 0) is 4.79 Å². The van der Waals surface area contributed by atoms with E-state index in [2.05, 4.69) is 0 Å². The zero-order valence-corrected chi connectivity index (χ0v) is 14.9. The Morgan fingerprint density at radius 1 is 1.11 bits per heavy atom. The van der Waals surface area contributed by atoms with Crippen LogP contribution in [0.1, 0.15) is 31.7 Å². The Morgan fingerprint density at radius 3 is 2.26 bits per heavy atom. The molecule has 1 atom stereocenters. The summed E-state index contributed by atoms with van der Waals surface area (Å²) in [6.07, 6.45) is -4.14. The molecule has 0 bridgehead atoms. The van der Waals surface area contributed by atoms with Gasteiger partial charge in [0.1, 0.15) is 11.6 Å². The van der Waals surface area contributed by atoms with Crippen LogP contribution in [0.2, 0.25) is 0 Å². The maximum absolute atomic E-state index is 13.2. The van der Waals surface area contributed by atoms with E-state index in [0.717, 1.165) is 0 Å². The summed E-state index contributed by atoms with van der Waals surface area (Å²) in [5.74, 6) is -2.24. The van der Waals surface area contributed by atoms with Gasteiger partial charge in [-0.1, -0.05) is 32.0 Å². The molecule has 0 heterocycles. The molecule has 27 heavy (non-hydrogen) atoms. The number of halogens is 4. The highest BCUT2D eigenvalue weighted by atomic mass is 19.4. The zero-order chi connectivity index (χ0) is 20.2. The second-order valence-electron chi connectivity index (χ2n) is 6.69. The van der Waals surface area contributed by atoms with Gasteiger partial charge in [0.15, 0.2) is 6.61 Å². The van der Waals surface area contributed by atoms with Crippen molar-refractivity contribution in [3.05, 3.63) is 53.8 Å². The summed E-state index contributed by atoms with van der Waals surface area (Å²) >= 11 is 0. The lowest BCUT2D eigenvalue weighted by Crippen LogP contribution is -2.19. The van der Waals surface area contributed by atoms with Crippen molar-refractivity contribution in [3.63, 3.8) is 0 Å². The van der Waals surface area contributed by atoms with E-state index in [0.29, 0.717) is 17.5 Å². The fraction of sp³-hybridized carbons (Fsp3) is 0.350. The van der Waals surface area contributed by atoms with Crippen molar-refractivity contribution in [1.29, 1.82) is 0 Å². The third-order valence-corrected chi connectivity index (χ3v) is 3.96. The summed E-state index contributed by atoms with van der Waals surface area (Å²) in [6.45, 7) is 2.30. The van der Waals surface area contributed by atoms with Crippen molar-refractivity contribution < 1.29 is 32.2 Å². The average molecular weight is 384 g/mol. The second kappa shape index (κ2) is 8.41. The normalized spacial score (nSPS) is 12.9. The first-order valence-corrected chi connectivity index (χ1v) is 8.39. The molecule has 2 aromatic rings. The summed E-state index contributed by atoms with van der Waals surface area (Å²) in [5, 5.41) is 9.52. The van der Waals surface area contributed by atoms with Crippen molar-refractivity contribution in [1.82, 2.24) is 0 Å². The highest BCUT2D eigenvalue weighted by Gasteiger charge is 2.29. The highest BCUT2D eigenvalue weighted by molar-refractivity contribution is 5.78. The zero-order valence-electron chi connectivity index (χ0n) is 14.9. The molecule has 0 aliphatic carbocycles. The standard InChI is InChI=1S/C20H20F4O3/c1-12(2)9-17(19(25)26)14-5-8-18(27-11-20(22,23)24)16(10-14)13-3-6-15(21)7-4-13/h3-8,10,12,17H,9,11H2,1-2H3,(H,25,26). The minimum Gasteiger partial charge on any atom is -0.483 e. The van der Waals surface area contributed by atoms with Crippen molar-refractivity contribution in [2.24, 2.45) is 5.92 Å². The van der Waals surface area contributed by atoms with Gasteiger partial charge in [0.2, 0.25) is 0 Å². The number of rotatable bonds is 7. The van der Waals surface area contributed by atoms with E-state index in [1.807, 2.05) is 13.8 Å². The average Bonchev–Trinajstić information content (AvgIpc) is 2.57. The lowest BCUT2D eigenvalue weighted by Gasteiger charge is -2.19. The van der Waals surface area contributed by atoms with Crippen LogP contribution in [-0.4, -0.2) is 23.9 Å². The van der Waals surface area contributed by atoms with E-state index in [1.165, 1.54) is 42.5 Å². The Hall–Kier alpha value is -2.57. The van der Waals surface area contributed by atoms with Crippen LogP contribution in [0.15, 0.2) is 42.5 Å². The van der Waals surface area contributed by atoms with E-state index < -0.39 is 30.5 Å². The van der Waals surface area contributed by atoms with Crippen LogP contribution in [0.25, 0.3) is 11.1 Å². The van der Waals surface area contributed by atoms with Gasteiger partial charge < -0.3 is 9.84 Å². The lowest BCUT2D eigenvalue weighted by molar-refractivity contribution is -0.153. The molecule has 1 N–H and O–H groups in total. The van der Waals surface area contributed by atoms with Crippen molar-refractivity contribution >= 4 is 5.97 Å². The van der Waals surface area contributed by atoms with Gasteiger partial charge in [-0.05, 0) is 47.7 Å². The first kappa shape index (κ1) is 20.7. The van der Waals surface area contributed by atoms with Gasteiger partial charge in [-0.25, -0.2) is 4.39 Å². The Kier molecular flexibility index (Phi) is 6.46. The Morgan fingerprint density at radius 2 is 1.74 bits per heavy atom. The molecule has 0 saturated carbocycles. The van der Waals surface area contributed by atoms with Crippen LogP contribution in [0.4, 0.5) is 17.6 Å².